The number of carboxylic acids is 1. The smallest absolute Gasteiger partial charge is 0.335 e. The predicted molar refractivity (Wildman–Crippen MR) is 50.7 cm³/mol. The van der Waals surface area contributed by atoms with Gasteiger partial charge in [0.2, 0.25) is 0 Å². The first kappa shape index (κ1) is 10.4. The van der Waals surface area contributed by atoms with E-state index in [4.69, 9.17) is 5.11 Å². The van der Waals surface area contributed by atoms with Gasteiger partial charge < -0.3 is 15.3 Å². The van der Waals surface area contributed by atoms with Crippen molar-refractivity contribution in [3.63, 3.8) is 0 Å². The summed E-state index contributed by atoms with van der Waals surface area (Å²) in [5, 5.41) is 27.3. The molecule has 0 spiro atoms. The van der Waals surface area contributed by atoms with E-state index in [2.05, 4.69) is 0 Å². The molecule has 0 aromatic heterocycles. The molecular formula is C10H12O4. The molecule has 0 saturated carbocycles. The van der Waals surface area contributed by atoms with Crippen LogP contribution in [0.2, 0.25) is 0 Å². The van der Waals surface area contributed by atoms with Crippen molar-refractivity contribution in [1.82, 2.24) is 0 Å². The van der Waals surface area contributed by atoms with Gasteiger partial charge in [0.25, 0.3) is 0 Å². The van der Waals surface area contributed by atoms with Gasteiger partial charge in [0, 0.05) is 0 Å². The number of phenolic OH excluding ortho intramolecular Hbond substituents is 2. The summed E-state index contributed by atoms with van der Waals surface area (Å²) in [5.41, 5.74) is 0.452. The summed E-state index contributed by atoms with van der Waals surface area (Å²) in [7, 11) is 0. The standard InChI is InChI=1S/C10H12O4/c1-2-3-6-4-7(10(13)14)5-8(11)9(6)12/h4-5,11-12H,2-3H2,1H3,(H,13,14). The van der Waals surface area contributed by atoms with Crippen LogP contribution in [0.3, 0.4) is 0 Å². The molecule has 3 N–H and O–H groups in total. The lowest BCUT2D eigenvalue weighted by molar-refractivity contribution is 0.0696. The van der Waals surface area contributed by atoms with Gasteiger partial charge >= 0.3 is 5.97 Å². The van der Waals surface area contributed by atoms with Crippen LogP contribution in [-0.2, 0) is 6.42 Å². The van der Waals surface area contributed by atoms with Crippen LogP contribution in [0.1, 0.15) is 29.3 Å². The third-order valence-electron chi connectivity index (χ3n) is 1.94. The predicted octanol–water partition coefficient (Wildman–Crippen LogP) is 1.75. The summed E-state index contributed by atoms with van der Waals surface area (Å²) in [5.74, 6) is -1.72. The van der Waals surface area contributed by atoms with Crippen molar-refractivity contribution >= 4 is 5.97 Å². The van der Waals surface area contributed by atoms with Crippen LogP contribution < -0.4 is 0 Å². The van der Waals surface area contributed by atoms with Crippen LogP contribution >= 0.6 is 0 Å². The number of aryl methyl sites for hydroxylation is 1. The molecule has 0 amide bonds. The van der Waals surface area contributed by atoms with E-state index in [0.29, 0.717) is 12.0 Å². The number of benzene rings is 1. The van der Waals surface area contributed by atoms with E-state index in [1.54, 1.807) is 0 Å². The molecule has 1 aromatic carbocycles. The molecule has 0 atom stereocenters. The molecule has 0 aliphatic carbocycles. The van der Waals surface area contributed by atoms with Crippen LogP contribution in [0.15, 0.2) is 12.1 Å². The molecule has 4 nitrogen and oxygen atoms in total. The van der Waals surface area contributed by atoms with Crippen molar-refractivity contribution in [2.24, 2.45) is 0 Å². The maximum absolute atomic E-state index is 10.6. The molecule has 1 rings (SSSR count). The van der Waals surface area contributed by atoms with Crippen molar-refractivity contribution in [3.05, 3.63) is 23.3 Å². The summed E-state index contributed by atoms with van der Waals surface area (Å²) in [4.78, 5) is 10.6. The fourth-order valence-electron chi connectivity index (χ4n) is 1.26. The van der Waals surface area contributed by atoms with Crippen LogP contribution in [0.4, 0.5) is 0 Å². The Morgan fingerprint density at radius 3 is 2.50 bits per heavy atom. The zero-order valence-corrected chi connectivity index (χ0v) is 7.82. The SMILES string of the molecule is CCCc1cc(C(=O)O)cc(O)c1O. The number of carboxylic acid groups (broad SMARTS) is 1. The number of hydrogen-bond acceptors (Lipinski definition) is 3. The first-order chi connectivity index (χ1) is 6.56. The lowest BCUT2D eigenvalue weighted by Gasteiger charge is -2.06. The van der Waals surface area contributed by atoms with Crippen LogP contribution in [0, 0.1) is 0 Å². The Balaban J connectivity index is 3.20. The summed E-state index contributed by atoms with van der Waals surface area (Å²) in [6.07, 6.45) is 1.32. The van der Waals surface area contributed by atoms with Crippen molar-refractivity contribution in [3.8, 4) is 11.5 Å². The van der Waals surface area contributed by atoms with Crippen molar-refractivity contribution in [2.45, 2.75) is 19.8 Å². The minimum absolute atomic E-state index is 0.0104. The summed E-state index contributed by atoms with van der Waals surface area (Å²) >= 11 is 0. The van der Waals surface area contributed by atoms with Crippen LogP contribution in [0.25, 0.3) is 0 Å². The van der Waals surface area contributed by atoms with Gasteiger partial charge in [-0.05, 0) is 24.1 Å². The molecule has 14 heavy (non-hydrogen) atoms. The molecule has 1 aromatic rings. The Bertz CT molecular complexity index is 357. The minimum Gasteiger partial charge on any atom is -0.504 e. The van der Waals surface area contributed by atoms with Crippen LogP contribution in [-0.4, -0.2) is 21.3 Å². The number of hydrogen-bond donors (Lipinski definition) is 3. The number of aromatic hydroxyl groups is 2. The Morgan fingerprint density at radius 1 is 1.36 bits per heavy atom. The fraction of sp³-hybridized carbons (Fsp3) is 0.300. The van der Waals surface area contributed by atoms with Gasteiger partial charge in [0.15, 0.2) is 11.5 Å². The Hall–Kier alpha value is -1.71. The van der Waals surface area contributed by atoms with E-state index in [1.807, 2.05) is 6.92 Å². The first-order valence-electron chi connectivity index (χ1n) is 4.34. The molecule has 0 radical (unpaired) electrons. The molecule has 0 aliphatic heterocycles. The summed E-state index contributed by atoms with van der Waals surface area (Å²) < 4.78 is 0. The monoisotopic (exact) mass is 196 g/mol. The average Bonchev–Trinajstić information content (AvgIpc) is 2.12. The van der Waals surface area contributed by atoms with E-state index in [0.717, 1.165) is 12.5 Å². The van der Waals surface area contributed by atoms with Gasteiger partial charge in [0.05, 0.1) is 5.56 Å². The Kier molecular flexibility index (Phi) is 2.96. The van der Waals surface area contributed by atoms with E-state index in [9.17, 15) is 15.0 Å². The lowest BCUT2D eigenvalue weighted by Crippen LogP contribution is -1.98. The van der Waals surface area contributed by atoms with Crippen molar-refractivity contribution in [1.29, 1.82) is 0 Å². The highest BCUT2D eigenvalue weighted by molar-refractivity contribution is 5.88. The van der Waals surface area contributed by atoms with Gasteiger partial charge in [-0.3, -0.25) is 0 Å². The maximum Gasteiger partial charge on any atom is 0.335 e. The highest BCUT2D eigenvalue weighted by atomic mass is 16.4. The Morgan fingerprint density at radius 2 is 2.00 bits per heavy atom. The van der Waals surface area contributed by atoms with Gasteiger partial charge in [0.1, 0.15) is 0 Å². The number of aromatic carboxylic acids is 1. The molecule has 0 fully saturated rings. The molecule has 0 bridgehead atoms. The molecule has 0 aliphatic rings. The third-order valence-corrected chi connectivity index (χ3v) is 1.94. The Labute approximate surface area is 81.4 Å². The molecule has 0 heterocycles. The van der Waals surface area contributed by atoms with Gasteiger partial charge in [-0.1, -0.05) is 13.3 Å². The van der Waals surface area contributed by atoms with E-state index >= 15 is 0 Å². The normalized spacial score (nSPS) is 10.1. The second-order valence-electron chi connectivity index (χ2n) is 3.06. The zero-order chi connectivity index (χ0) is 10.7. The topological polar surface area (TPSA) is 77.8 Å². The average molecular weight is 196 g/mol. The highest BCUT2D eigenvalue weighted by Crippen LogP contribution is 2.31. The lowest BCUT2D eigenvalue weighted by atomic mass is 10.0. The van der Waals surface area contributed by atoms with Crippen LogP contribution in [0.5, 0.6) is 11.5 Å². The minimum atomic E-state index is -1.11. The van der Waals surface area contributed by atoms with E-state index in [1.165, 1.54) is 6.07 Å². The maximum atomic E-state index is 10.6. The van der Waals surface area contributed by atoms with Gasteiger partial charge in [-0.15, -0.1) is 0 Å². The van der Waals surface area contributed by atoms with Crippen molar-refractivity contribution in [2.75, 3.05) is 0 Å². The van der Waals surface area contributed by atoms with E-state index in [-0.39, 0.29) is 17.1 Å². The van der Waals surface area contributed by atoms with Gasteiger partial charge in [-0.2, -0.15) is 0 Å². The highest BCUT2D eigenvalue weighted by Gasteiger charge is 2.12. The quantitative estimate of drug-likeness (QED) is 0.643. The summed E-state index contributed by atoms with van der Waals surface area (Å²) in [6, 6.07) is 2.41. The fourth-order valence-corrected chi connectivity index (χ4v) is 1.26. The molecular weight excluding hydrogens is 184 g/mol. The third kappa shape index (κ3) is 1.96. The van der Waals surface area contributed by atoms with Gasteiger partial charge in [-0.25, -0.2) is 4.79 Å². The molecule has 0 saturated heterocycles. The molecule has 0 unspecified atom stereocenters. The first-order valence-corrected chi connectivity index (χ1v) is 4.34. The molecule has 4 heteroatoms. The number of carbonyl (C=O) groups is 1. The van der Waals surface area contributed by atoms with E-state index < -0.39 is 5.97 Å². The second-order valence-corrected chi connectivity index (χ2v) is 3.06. The number of rotatable bonds is 3. The second kappa shape index (κ2) is 4.00. The van der Waals surface area contributed by atoms with Crippen molar-refractivity contribution < 1.29 is 20.1 Å². The summed E-state index contributed by atoms with van der Waals surface area (Å²) in [6.45, 7) is 1.91. The zero-order valence-electron chi connectivity index (χ0n) is 7.82. The largest absolute Gasteiger partial charge is 0.504 e. The number of phenols is 2. The molecule has 76 valence electrons.